The van der Waals surface area contributed by atoms with Gasteiger partial charge in [-0.05, 0) is 62.9 Å². The maximum atomic E-state index is 13.8. The minimum Gasteiger partial charge on any atom is -0.347 e. The molecule has 4 aromatic rings. The summed E-state index contributed by atoms with van der Waals surface area (Å²) < 4.78 is 16.5. The molecule has 1 aliphatic heterocycles. The molecule has 2 aromatic carbocycles. The Morgan fingerprint density at radius 2 is 1.91 bits per heavy atom. The zero-order valence-corrected chi connectivity index (χ0v) is 19.7. The van der Waals surface area contributed by atoms with Crippen molar-refractivity contribution in [3.8, 4) is 5.69 Å². The molecule has 0 spiro atoms. The van der Waals surface area contributed by atoms with Gasteiger partial charge in [0, 0.05) is 18.8 Å². The number of hydrogen-bond acceptors (Lipinski definition) is 5. The maximum Gasteiger partial charge on any atom is 0.229 e. The zero-order valence-electron chi connectivity index (χ0n) is 18.9. The van der Waals surface area contributed by atoms with Crippen molar-refractivity contribution in [1.29, 1.82) is 0 Å². The molecule has 1 amide bonds. The minimum absolute atomic E-state index is 0.0559. The standard InChI is InChI=1S/C25H26FN5OS/c1-15-7-4-8-16(2)21(15)27-24(32)18-9-6-12-30(14-18)25-28-23-22(33-25)17(3)29-31(23)20-11-5-10-19(26)13-20/h4-5,7-8,10-11,13,18H,6,9,12,14H2,1-3H3,(H,27,32)/t18-/m1/s1. The first-order chi connectivity index (χ1) is 15.9. The number of piperidine rings is 1. The average molecular weight is 464 g/mol. The molecule has 0 unspecified atom stereocenters. The molecule has 5 rings (SSSR count). The van der Waals surface area contributed by atoms with Gasteiger partial charge in [-0.25, -0.2) is 9.07 Å². The number of amides is 1. The number of fused-ring (bicyclic) bond motifs is 1. The summed E-state index contributed by atoms with van der Waals surface area (Å²) in [5, 5.41) is 8.60. The van der Waals surface area contributed by atoms with Crippen LogP contribution in [0.25, 0.3) is 16.0 Å². The van der Waals surface area contributed by atoms with Gasteiger partial charge in [0.1, 0.15) is 5.82 Å². The van der Waals surface area contributed by atoms with E-state index in [0.717, 1.165) is 57.4 Å². The van der Waals surface area contributed by atoms with Gasteiger partial charge in [0.15, 0.2) is 10.8 Å². The van der Waals surface area contributed by atoms with Crippen molar-refractivity contribution >= 4 is 38.4 Å². The second-order valence-electron chi connectivity index (χ2n) is 8.67. The van der Waals surface area contributed by atoms with Crippen LogP contribution in [0.2, 0.25) is 0 Å². The molecule has 170 valence electrons. The van der Waals surface area contributed by atoms with Crippen molar-refractivity contribution in [3.05, 3.63) is 65.1 Å². The number of aromatic nitrogens is 3. The Kier molecular flexibility index (Phi) is 5.62. The highest BCUT2D eigenvalue weighted by Crippen LogP contribution is 2.35. The Hall–Kier alpha value is -3.26. The van der Waals surface area contributed by atoms with Crippen molar-refractivity contribution in [2.24, 2.45) is 5.92 Å². The van der Waals surface area contributed by atoms with Gasteiger partial charge in [-0.15, -0.1) is 0 Å². The average Bonchev–Trinajstić information content (AvgIpc) is 3.37. The fourth-order valence-corrected chi connectivity index (χ4v) is 5.47. The second kappa shape index (κ2) is 8.59. The summed E-state index contributed by atoms with van der Waals surface area (Å²) in [5.41, 5.74) is 5.28. The van der Waals surface area contributed by atoms with Gasteiger partial charge >= 0.3 is 0 Å². The van der Waals surface area contributed by atoms with E-state index in [2.05, 4.69) is 15.3 Å². The zero-order chi connectivity index (χ0) is 23.1. The lowest BCUT2D eigenvalue weighted by Gasteiger charge is -2.32. The normalized spacial score (nSPS) is 16.4. The number of halogens is 1. The topological polar surface area (TPSA) is 63.1 Å². The number of carbonyl (C=O) groups is 1. The van der Waals surface area contributed by atoms with Crippen LogP contribution in [0, 0.1) is 32.5 Å². The van der Waals surface area contributed by atoms with Crippen molar-refractivity contribution in [1.82, 2.24) is 14.8 Å². The van der Waals surface area contributed by atoms with E-state index in [4.69, 9.17) is 4.98 Å². The van der Waals surface area contributed by atoms with Crippen molar-refractivity contribution in [2.75, 3.05) is 23.3 Å². The summed E-state index contributed by atoms with van der Waals surface area (Å²) in [5.74, 6) is -0.357. The summed E-state index contributed by atoms with van der Waals surface area (Å²) >= 11 is 1.58. The Labute approximate surface area is 196 Å². The highest BCUT2D eigenvalue weighted by molar-refractivity contribution is 7.22. The van der Waals surface area contributed by atoms with E-state index in [9.17, 15) is 9.18 Å². The number of para-hydroxylation sites is 1. The molecule has 2 aromatic heterocycles. The van der Waals surface area contributed by atoms with Crippen LogP contribution in [0.15, 0.2) is 42.5 Å². The van der Waals surface area contributed by atoms with Crippen molar-refractivity contribution < 1.29 is 9.18 Å². The van der Waals surface area contributed by atoms with Crippen LogP contribution in [0.1, 0.15) is 29.7 Å². The fourth-order valence-electron chi connectivity index (χ4n) is 4.45. The van der Waals surface area contributed by atoms with Gasteiger partial charge in [0.05, 0.1) is 22.0 Å². The van der Waals surface area contributed by atoms with Gasteiger partial charge in [-0.3, -0.25) is 4.79 Å². The van der Waals surface area contributed by atoms with Gasteiger partial charge in [0.2, 0.25) is 5.91 Å². The van der Waals surface area contributed by atoms with Gasteiger partial charge in [0.25, 0.3) is 0 Å². The number of thiazole rings is 1. The first-order valence-corrected chi connectivity index (χ1v) is 12.0. The molecule has 3 heterocycles. The molecule has 0 bridgehead atoms. The summed E-state index contributed by atoms with van der Waals surface area (Å²) in [6.45, 7) is 7.45. The Balaban J connectivity index is 1.39. The third kappa shape index (κ3) is 4.11. The summed E-state index contributed by atoms with van der Waals surface area (Å²) in [7, 11) is 0. The number of rotatable bonds is 4. The first kappa shape index (κ1) is 21.6. The highest BCUT2D eigenvalue weighted by atomic mass is 32.1. The third-order valence-electron chi connectivity index (χ3n) is 6.22. The largest absolute Gasteiger partial charge is 0.347 e. The fraction of sp³-hybridized carbons (Fsp3) is 0.320. The van der Waals surface area contributed by atoms with Crippen molar-refractivity contribution in [3.63, 3.8) is 0 Å². The molecular weight excluding hydrogens is 437 g/mol. The Bertz CT molecular complexity index is 1320. The van der Waals surface area contributed by atoms with Crippen LogP contribution in [-0.2, 0) is 4.79 Å². The van der Waals surface area contributed by atoms with Crippen molar-refractivity contribution in [2.45, 2.75) is 33.6 Å². The number of aryl methyl sites for hydroxylation is 3. The molecular formula is C25H26FN5OS. The molecule has 0 radical (unpaired) electrons. The predicted octanol–water partition coefficient (Wildman–Crippen LogP) is 5.40. The summed E-state index contributed by atoms with van der Waals surface area (Å²) in [4.78, 5) is 20.1. The minimum atomic E-state index is -0.307. The number of nitrogens with one attached hydrogen (secondary N) is 1. The SMILES string of the molecule is Cc1cccc(C)c1NC(=O)[C@@H]1CCCN(c2nc3c(s2)c(C)nn3-c2cccc(F)c2)C1. The second-order valence-corrected chi connectivity index (χ2v) is 9.65. The number of carbonyl (C=O) groups excluding carboxylic acids is 1. The van der Waals surface area contributed by atoms with E-state index in [1.165, 1.54) is 12.1 Å². The van der Waals surface area contributed by atoms with E-state index >= 15 is 0 Å². The lowest BCUT2D eigenvalue weighted by atomic mass is 9.97. The first-order valence-electron chi connectivity index (χ1n) is 11.1. The van der Waals surface area contributed by atoms with E-state index < -0.39 is 0 Å². The molecule has 6 nitrogen and oxygen atoms in total. The monoisotopic (exact) mass is 463 g/mol. The Morgan fingerprint density at radius 1 is 1.15 bits per heavy atom. The number of benzene rings is 2. The van der Waals surface area contributed by atoms with Gasteiger partial charge in [-0.2, -0.15) is 10.1 Å². The number of anilines is 2. The molecule has 1 N–H and O–H groups in total. The molecule has 0 saturated carbocycles. The van der Waals surface area contributed by atoms with Crippen LogP contribution in [0.4, 0.5) is 15.2 Å². The lowest BCUT2D eigenvalue weighted by Crippen LogP contribution is -2.40. The van der Waals surface area contributed by atoms with E-state index in [0.29, 0.717) is 12.2 Å². The van der Waals surface area contributed by atoms with E-state index in [1.54, 1.807) is 22.1 Å². The summed E-state index contributed by atoms with van der Waals surface area (Å²) in [6.07, 6.45) is 1.78. The van der Waals surface area contributed by atoms with Gasteiger partial charge < -0.3 is 10.2 Å². The quantitative estimate of drug-likeness (QED) is 0.440. The molecule has 1 saturated heterocycles. The smallest absolute Gasteiger partial charge is 0.229 e. The third-order valence-corrected chi connectivity index (χ3v) is 7.44. The number of hydrogen-bond donors (Lipinski definition) is 1. The molecule has 1 atom stereocenters. The summed E-state index contributed by atoms with van der Waals surface area (Å²) in [6, 6.07) is 12.4. The molecule has 1 aliphatic rings. The van der Waals surface area contributed by atoms with E-state index in [-0.39, 0.29) is 17.6 Å². The van der Waals surface area contributed by atoms with Gasteiger partial charge in [-0.1, -0.05) is 35.6 Å². The predicted molar refractivity (Wildman–Crippen MR) is 131 cm³/mol. The van der Waals surface area contributed by atoms with Crippen LogP contribution >= 0.6 is 11.3 Å². The Morgan fingerprint density at radius 3 is 2.67 bits per heavy atom. The van der Waals surface area contributed by atoms with Crippen LogP contribution in [-0.4, -0.2) is 33.8 Å². The number of nitrogens with zero attached hydrogens (tertiary/aromatic N) is 4. The maximum absolute atomic E-state index is 13.8. The van der Waals surface area contributed by atoms with E-state index in [1.807, 2.05) is 45.0 Å². The van der Waals surface area contributed by atoms with Crippen LogP contribution in [0.3, 0.4) is 0 Å². The van der Waals surface area contributed by atoms with Crippen LogP contribution < -0.4 is 10.2 Å². The molecule has 33 heavy (non-hydrogen) atoms. The lowest BCUT2D eigenvalue weighted by molar-refractivity contribution is -0.120. The molecule has 8 heteroatoms. The highest BCUT2D eigenvalue weighted by Gasteiger charge is 2.29. The van der Waals surface area contributed by atoms with Crippen LogP contribution in [0.5, 0.6) is 0 Å². The molecule has 0 aliphatic carbocycles. The molecule has 1 fully saturated rings.